The fraction of sp³-hybridized carbons (Fsp3) is 0.696. The van der Waals surface area contributed by atoms with E-state index >= 15 is 0 Å². The summed E-state index contributed by atoms with van der Waals surface area (Å²) in [5.41, 5.74) is 6.01. The van der Waals surface area contributed by atoms with Crippen LogP contribution < -0.4 is 10.2 Å². The molecule has 2 atom stereocenters. The number of nitrogens with one attached hydrogen (secondary N) is 1. The summed E-state index contributed by atoms with van der Waals surface area (Å²) in [4.78, 5) is 2.53. The van der Waals surface area contributed by atoms with Crippen LogP contribution >= 0.6 is 15.9 Å². The van der Waals surface area contributed by atoms with Crippen LogP contribution in [0.4, 0.5) is 0 Å². The molecule has 0 aliphatic carbocycles. The lowest BCUT2D eigenvalue weighted by atomic mass is 9.86. The average molecular weight is 450 g/mol. The highest BCUT2D eigenvalue weighted by Crippen LogP contribution is 2.36. The van der Waals surface area contributed by atoms with Crippen molar-refractivity contribution in [2.24, 2.45) is 11.0 Å². The normalized spacial score (nSPS) is 21.9. The van der Waals surface area contributed by atoms with E-state index in [1.165, 1.54) is 49.8 Å². The van der Waals surface area contributed by atoms with Gasteiger partial charge in [0.05, 0.1) is 17.1 Å². The summed E-state index contributed by atoms with van der Waals surface area (Å²) < 4.78 is 7.07. The van der Waals surface area contributed by atoms with Gasteiger partial charge in [-0.1, -0.05) is 58.4 Å². The number of nitrogens with zero attached hydrogens (tertiary/aromatic N) is 2. The summed E-state index contributed by atoms with van der Waals surface area (Å²) in [5, 5.41) is 4.63. The first-order valence-corrected chi connectivity index (χ1v) is 12.0. The predicted octanol–water partition coefficient (Wildman–Crippen LogP) is 5.92. The molecule has 2 aliphatic rings. The Morgan fingerprint density at radius 1 is 1.14 bits per heavy atom. The van der Waals surface area contributed by atoms with Gasteiger partial charge in [-0.05, 0) is 46.6 Å². The smallest absolute Gasteiger partial charge is 0.133 e. The van der Waals surface area contributed by atoms with Gasteiger partial charge in [0.1, 0.15) is 5.75 Å². The first-order chi connectivity index (χ1) is 13.7. The van der Waals surface area contributed by atoms with Crippen molar-refractivity contribution < 1.29 is 4.74 Å². The Morgan fingerprint density at radius 2 is 1.93 bits per heavy atom. The van der Waals surface area contributed by atoms with Crippen molar-refractivity contribution in [1.29, 1.82) is 0 Å². The van der Waals surface area contributed by atoms with Crippen LogP contribution in [-0.2, 0) is 0 Å². The molecule has 0 saturated carbocycles. The Labute approximate surface area is 179 Å². The molecule has 2 unspecified atom stereocenters. The monoisotopic (exact) mass is 449 g/mol. The molecule has 1 aromatic carbocycles. The molecule has 0 radical (unpaired) electrons. The van der Waals surface area contributed by atoms with E-state index in [9.17, 15) is 0 Å². The number of hydrazone groups is 1. The van der Waals surface area contributed by atoms with Crippen LogP contribution in [0.25, 0.3) is 0 Å². The Morgan fingerprint density at radius 3 is 2.68 bits per heavy atom. The van der Waals surface area contributed by atoms with Crippen LogP contribution in [0.5, 0.6) is 5.75 Å². The highest BCUT2D eigenvalue weighted by molar-refractivity contribution is 9.10. The maximum atomic E-state index is 6.02. The number of unbranched alkanes of at least 4 members (excludes halogenated alkanes) is 6. The van der Waals surface area contributed by atoms with Gasteiger partial charge in [0.25, 0.3) is 0 Å². The Balaban J connectivity index is 1.46. The maximum absolute atomic E-state index is 6.02. The first-order valence-electron chi connectivity index (χ1n) is 11.2. The van der Waals surface area contributed by atoms with Crippen LogP contribution in [0.1, 0.15) is 76.8 Å². The van der Waals surface area contributed by atoms with Crippen molar-refractivity contribution in [2.45, 2.75) is 71.3 Å². The number of benzene rings is 1. The second-order valence-electron chi connectivity index (χ2n) is 8.12. The number of fused-ring (bicyclic) bond motifs is 1. The van der Waals surface area contributed by atoms with Crippen molar-refractivity contribution >= 4 is 21.6 Å². The van der Waals surface area contributed by atoms with E-state index in [-0.39, 0.29) is 6.04 Å². The zero-order chi connectivity index (χ0) is 19.8. The summed E-state index contributed by atoms with van der Waals surface area (Å²) in [6, 6.07) is 6.80. The zero-order valence-electron chi connectivity index (χ0n) is 17.6. The molecule has 3 rings (SSSR count). The molecule has 1 saturated heterocycles. The van der Waals surface area contributed by atoms with Crippen molar-refractivity contribution in [3.8, 4) is 5.75 Å². The zero-order valence-corrected chi connectivity index (χ0v) is 19.1. The maximum Gasteiger partial charge on any atom is 0.133 e. The van der Waals surface area contributed by atoms with E-state index in [0.717, 1.165) is 49.3 Å². The number of piperidine rings is 1. The molecule has 5 heteroatoms. The third-order valence-corrected chi connectivity index (χ3v) is 6.70. The number of hydrogen-bond acceptors (Lipinski definition) is 4. The summed E-state index contributed by atoms with van der Waals surface area (Å²) in [7, 11) is 0. The number of rotatable bonds is 11. The highest BCUT2D eigenvalue weighted by atomic mass is 79.9. The minimum Gasteiger partial charge on any atom is -0.492 e. The second kappa shape index (κ2) is 11.2. The predicted molar refractivity (Wildman–Crippen MR) is 121 cm³/mol. The van der Waals surface area contributed by atoms with E-state index < -0.39 is 0 Å². The largest absolute Gasteiger partial charge is 0.492 e. The topological polar surface area (TPSA) is 36.9 Å². The van der Waals surface area contributed by atoms with Crippen LogP contribution in [0.3, 0.4) is 0 Å². The Kier molecular flexibility index (Phi) is 8.66. The summed E-state index contributed by atoms with van der Waals surface area (Å²) in [5.74, 6) is 1.44. The van der Waals surface area contributed by atoms with E-state index in [2.05, 4.69) is 63.4 Å². The number of hydrogen-bond donors (Lipinski definition) is 1. The van der Waals surface area contributed by atoms with Crippen molar-refractivity contribution in [3.05, 3.63) is 28.2 Å². The standard InChI is InChI=1S/C23H36BrN3O/c1-3-5-6-7-8-9-10-15-28-22-12-11-18(16-20(22)24)23-19-17-27(4-2)14-13-21(19)25-26-23/h11-12,16,19,23,26H,3-10,13-15,17H2,1-2H3. The molecule has 1 aromatic rings. The summed E-state index contributed by atoms with van der Waals surface area (Å²) in [6.07, 6.45) is 10.2. The summed E-state index contributed by atoms with van der Waals surface area (Å²) in [6.45, 7) is 8.66. The molecule has 4 nitrogen and oxygen atoms in total. The molecule has 156 valence electrons. The lowest BCUT2D eigenvalue weighted by Gasteiger charge is -2.32. The van der Waals surface area contributed by atoms with Gasteiger partial charge in [-0.25, -0.2) is 0 Å². The van der Waals surface area contributed by atoms with Gasteiger partial charge in [-0.15, -0.1) is 0 Å². The highest BCUT2D eigenvalue weighted by Gasteiger charge is 2.36. The van der Waals surface area contributed by atoms with Crippen molar-refractivity contribution in [3.63, 3.8) is 0 Å². The van der Waals surface area contributed by atoms with E-state index in [1.54, 1.807) is 0 Å². The fourth-order valence-electron chi connectivity index (χ4n) is 4.27. The second-order valence-corrected chi connectivity index (χ2v) is 8.97. The SMILES string of the molecule is CCCCCCCCCOc1ccc(C2NN=C3CCN(CC)CC32)cc1Br. The molecule has 0 amide bonds. The Bertz CT molecular complexity index is 649. The van der Waals surface area contributed by atoms with Gasteiger partial charge in [0.2, 0.25) is 0 Å². The third kappa shape index (κ3) is 5.73. The lowest BCUT2D eigenvalue weighted by Crippen LogP contribution is -2.41. The van der Waals surface area contributed by atoms with Gasteiger partial charge in [-0.2, -0.15) is 5.10 Å². The average Bonchev–Trinajstić information content (AvgIpc) is 3.14. The molecule has 1 N–H and O–H groups in total. The number of likely N-dealkylation sites (tertiary alicyclic amines) is 1. The number of halogens is 1. The molecule has 2 heterocycles. The van der Waals surface area contributed by atoms with Gasteiger partial charge in [0, 0.05) is 31.1 Å². The fourth-order valence-corrected chi connectivity index (χ4v) is 4.79. The van der Waals surface area contributed by atoms with E-state index in [0.29, 0.717) is 5.92 Å². The van der Waals surface area contributed by atoms with Crippen LogP contribution in [0.2, 0.25) is 0 Å². The first kappa shape index (κ1) is 21.6. The van der Waals surface area contributed by atoms with Crippen molar-refractivity contribution in [1.82, 2.24) is 10.3 Å². The van der Waals surface area contributed by atoms with Crippen LogP contribution in [-0.4, -0.2) is 36.9 Å². The minimum atomic E-state index is 0.276. The summed E-state index contributed by atoms with van der Waals surface area (Å²) >= 11 is 3.72. The molecule has 0 spiro atoms. The van der Waals surface area contributed by atoms with Gasteiger partial charge in [0.15, 0.2) is 0 Å². The lowest BCUT2D eigenvalue weighted by molar-refractivity contribution is 0.238. The van der Waals surface area contributed by atoms with E-state index in [4.69, 9.17) is 4.74 Å². The molecular weight excluding hydrogens is 414 g/mol. The van der Waals surface area contributed by atoms with Gasteiger partial charge >= 0.3 is 0 Å². The van der Waals surface area contributed by atoms with E-state index in [1.807, 2.05) is 0 Å². The van der Waals surface area contributed by atoms with Gasteiger partial charge in [-0.3, -0.25) is 0 Å². The number of ether oxygens (including phenoxy) is 1. The van der Waals surface area contributed by atoms with Crippen molar-refractivity contribution in [2.75, 3.05) is 26.2 Å². The molecule has 0 aromatic heterocycles. The van der Waals surface area contributed by atoms with Crippen LogP contribution in [0.15, 0.2) is 27.8 Å². The molecule has 1 fully saturated rings. The minimum absolute atomic E-state index is 0.276. The van der Waals surface area contributed by atoms with Gasteiger partial charge < -0.3 is 15.1 Å². The molecule has 0 bridgehead atoms. The third-order valence-electron chi connectivity index (χ3n) is 6.08. The quantitative estimate of drug-likeness (QED) is 0.425. The molecule has 2 aliphatic heterocycles. The Hall–Kier alpha value is -1.07. The molecular formula is C23H36BrN3O. The van der Waals surface area contributed by atoms with Crippen LogP contribution in [0, 0.1) is 5.92 Å². The molecule has 28 heavy (non-hydrogen) atoms.